The number of anilines is 1. The molecule has 0 saturated carbocycles. The number of aliphatic carboxylic acids is 1. The Morgan fingerprint density at radius 1 is 0.904 bits per heavy atom. The van der Waals surface area contributed by atoms with Crippen LogP contribution in [0.25, 0.3) is 0 Å². The Hall–Kier alpha value is -4.94. The number of ether oxygens (including phenoxy) is 5. The van der Waals surface area contributed by atoms with Crippen LogP contribution in [0.4, 0.5) is 15.4 Å². The second-order valence-corrected chi connectivity index (χ2v) is 14.2. The number of phosphoric ester groups is 1. The maximum absolute atomic E-state index is 13.3. The summed E-state index contributed by atoms with van der Waals surface area (Å²) >= 11 is 0. The third kappa shape index (κ3) is 12.1. The fraction of sp³-hybridized carbons (Fsp3) is 0.333. The van der Waals surface area contributed by atoms with Gasteiger partial charge in [-0.1, -0.05) is 49.7 Å². The summed E-state index contributed by atoms with van der Waals surface area (Å²) in [5, 5.41) is 11.3. The number of aromatic nitrogens is 2. The number of hydrogen-bond donors (Lipinski definition) is 4. The van der Waals surface area contributed by atoms with Crippen LogP contribution in [-0.4, -0.2) is 79.7 Å². The molecule has 20 nitrogen and oxygen atoms in total. The summed E-state index contributed by atoms with van der Waals surface area (Å²) in [6, 6.07) is 16.3. The largest absolute Gasteiger partial charge is 0.514 e. The molecule has 1 aliphatic heterocycles. The fourth-order valence-electron chi connectivity index (χ4n) is 4.54. The number of carboxylic acids is 1. The topological polar surface area (TPSA) is 275 Å². The van der Waals surface area contributed by atoms with Crippen molar-refractivity contribution in [2.45, 2.75) is 50.7 Å². The molecule has 22 heteroatoms. The number of benzene rings is 2. The highest BCUT2D eigenvalue weighted by molar-refractivity contribution is 7.64. The summed E-state index contributed by atoms with van der Waals surface area (Å²) < 4.78 is 61.5. The smallest absolute Gasteiger partial charge is 0.481 e. The van der Waals surface area contributed by atoms with E-state index in [1.807, 2.05) is 6.92 Å². The summed E-state index contributed by atoms with van der Waals surface area (Å²) in [6.07, 6.45) is -8.92. The van der Waals surface area contributed by atoms with E-state index in [1.54, 1.807) is 24.3 Å². The van der Waals surface area contributed by atoms with E-state index < -0.39 is 82.6 Å². The third-order valence-corrected chi connectivity index (χ3v) is 9.73. The molecule has 1 saturated heterocycles. The first-order valence-electron chi connectivity index (χ1n) is 15.3. The number of carbonyl (C=O) groups is 4. The third-order valence-electron chi connectivity index (χ3n) is 6.74. The number of hydrogen-bond acceptors (Lipinski definition) is 15. The van der Waals surface area contributed by atoms with Gasteiger partial charge in [0.1, 0.15) is 29.6 Å². The lowest BCUT2D eigenvalue weighted by Crippen LogP contribution is -2.43. The minimum atomic E-state index is -5.54. The lowest BCUT2D eigenvalue weighted by Gasteiger charge is -2.24. The molecule has 0 spiro atoms. The van der Waals surface area contributed by atoms with Gasteiger partial charge < -0.3 is 43.9 Å². The minimum absolute atomic E-state index is 0.0131. The second-order valence-electron chi connectivity index (χ2n) is 10.7. The molecule has 4 N–H and O–H groups in total. The van der Waals surface area contributed by atoms with Crippen LogP contribution >= 0.6 is 15.4 Å². The van der Waals surface area contributed by atoms with E-state index in [1.165, 1.54) is 42.5 Å². The Bertz CT molecular complexity index is 1880. The van der Waals surface area contributed by atoms with Crippen molar-refractivity contribution in [1.29, 1.82) is 0 Å². The number of phosphoric acid groups is 1. The first-order chi connectivity index (χ1) is 24.6. The van der Waals surface area contributed by atoms with Crippen molar-refractivity contribution in [1.82, 2.24) is 9.55 Å². The van der Waals surface area contributed by atoms with Gasteiger partial charge in [0.15, 0.2) is 18.4 Å². The molecule has 280 valence electrons. The van der Waals surface area contributed by atoms with Crippen LogP contribution in [0.1, 0.15) is 32.4 Å². The first kappa shape index (κ1) is 39.8. The van der Waals surface area contributed by atoms with E-state index in [2.05, 4.69) is 14.6 Å². The average molecular weight is 770 g/mol. The molecular formula is C30H33N3O17P2. The zero-order valence-electron chi connectivity index (χ0n) is 27.1. The number of rotatable bonds is 16. The molecule has 3 aromatic rings. The molecular weight excluding hydrogens is 736 g/mol. The van der Waals surface area contributed by atoms with Crippen molar-refractivity contribution >= 4 is 45.4 Å². The predicted octanol–water partition coefficient (Wildman–Crippen LogP) is 3.84. The summed E-state index contributed by atoms with van der Waals surface area (Å²) in [6.45, 7) is 0.762. The molecule has 2 aromatic carbocycles. The molecule has 0 bridgehead atoms. The quantitative estimate of drug-likeness (QED) is 0.0915. The van der Waals surface area contributed by atoms with Gasteiger partial charge in [0.05, 0.1) is 6.61 Å². The van der Waals surface area contributed by atoms with E-state index in [4.69, 9.17) is 33.3 Å². The normalized spacial score (nSPS) is 20.4. The predicted molar refractivity (Wildman–Crippen MR) is 174 cm³/mol. The minimum Gasteiger partial charge on any atom is -0.481 e. The Morgan fingerprint density at radius 2 is 1.48 bits per heavy atom. The molecule has 2 heterocycles. The molecule has 4 rings (SSSR count). The van der Waals surface area contributed by atoms with E-state index in [0.717, 1.165) is 17.2 Å². The number of carbonyl (C=O) groups excluding carboxylic acids is 3. The number of amides is 1. The number of nitrogens with zero attached hydrogens (tertiary/aromatic N) is 2. The standard InChI is InChI=1S/C30H33N3O17P2/c1-2-3-14-23(34)31-22-15-16-33(28(37)32-22)27-26(49-30(39)46-20-12-8-5-9-13-20)25(48-29(38)45-19-10-6-4-7-11-19)21(47-27)17-44-52(42,43)50-51(40,41)18-24(35)36/h4-13,15-16,21,25-27H,2-3,14,17-18H2,1H3,(H,35,36)(H,40,41)(H,42,43)(H,31,32,34,37)/t21-,25+,26?,27-/m1/s1. The zero-order valence-corrected chi connectivity index (χ0v) is 28.9. The zero-order chi connectivity index (χ0) is 37.9. The highest BCUT2D eigenvalue weighted by Crippen LogP contribution is 2.60. The summed E-state index contributed by atoms with van der Waals surface area (Å²) in [4.78, 5) is 86.0. The lowest BCUT2D eigenvalue weighted by molar-refractivity contribution is -0.134. The van der Waals surface area contributed by atoms with Crippen LogP contribution in [0.2, 0.25) is 0 Å². The van der Waals surface area contributed by atoms with Gasteiger partial charge in [-0.3, -0.25) is 23.2 Å². The van der Waals surface area contributed by atoms with Crippen molar-refractivity contribution in [2.75, 3.05) is 18.1 Å². The van der Waals surface area contributed by atoms with Crippen LogP contribution in [-0.2, 0) is 41.8 Å². The van der Waals surface area contributed by atoms with Crippen LogP contribution in [0, 0.1) is 0 Å². The summed E-state index contributed by atoms with van der Waals surface area (Å²) in [5.74, 6) is -2.33. The first-order valence-corrected chi connectivity index (χ1v) is 18.5. The maximum Gasteiger partial charge on any atom is 0.514 e. The highest BCUT2D eigenvalue weighted by Gasteiger charge is 2.53. The van der Waals surface area contributed by atoms with Gasteiger partial charge in [-0.2, -0.15) is 4.98 Å². The Kier molecular flexibility index (Phi) is 13.8. The van der Waals surface area contributed by atoms with E-state index in [-0.39, 0.29) is 23.7 Å². The monoisotopic (exact) mass is 769 g/mol. The summed E-state index contributed by atoms with van der Waals surface area (Å²) in [7, 11) is -10.8. The van der Waals surface area contributed by atoms with Crippen LogP contribution < -0.4 is 20.5 Å². The molecule has 1 fully saturated rings. The molecule has 0 radical (unpaired) electrons. The fourth-order valence-corrected chi connectivity index (χ4v) is 6.93. The van der Waals surface area contributed by atoms with Gasteiger partial charge in [-0.15, -0.1) is 0 Å². The van der Waals surface area contributed by atoms with Crippen molar-refractivity contribution in [3.8, 4) is 11.5 Å². The number of carboxylic acid groups (broad SMARTS) is 1. The average Bonchev–Trinajstić information content (AvgIpc) is 3.38. The SMILES string of the molecule is CCCCC(=O)Nc1ccn([C@@H]2O[C@H](COP(=O)(O)OP(=O)(O)CC(=O)O)[C@H](OC(=O)Oc3ccccc3)C2OC(=O)Oc2ccccc2)c(=O)n1. The Morgan fingerprint density at radius 3 is 2.02 bits per heavy atom. The van der Waals surface area contributed by atoms with Gasteiger partial charge in [0.25, 0.3) is 0 Å². The van der Waals surface area contributed by atoms with Gasteiger partial charge in [-0.05, 0) is 36.8 Å². The molecule has 6 atom stereocenters. The van der Waals surface area contributed by atoms with Crippen LogP contribution in [0.5, 0.6) is 11.5 Å². The van der Waals surface area contributed by atoms with Crippen LogP contribution in [0.15, 0.2) is 77.7 Å². The van der Waals surface area contributed by atoms with E-state index in [0.29, 0.717) is 6.42 Å². The van der Waals surface area contributed by atoms with Crippen molar-refractivity contribution in [2.24, 2.45) is 0 Å². The Balaban J connectivity index is 1.67. The van der Waals surface area contributed by atoms with Crippen LogP contribution in [0.3, 0.4) is 0 Å². The van der Waals surface area contributed by atoms with Crippen molar-refractivity contribution < 1.29 is 75.7 Å². The lowest BCUT2D eigenvalue weighted by atomic mass is 10.1. The Labute approximate surface area is 294 Å². The van der Waals surface area contributed by atoms with E-state index >= 15 is 0 Å². The van der Waals surface area contributed by atoms with Gasteiger partial charge >= 0.3 is 39.4 Å². The highest BCUT2D eigenvalue weighted by atomic mass is 31.3. The van der Waals surface area contributed by atoms with Gasteiger partial charge in [0.2, 0.25) is 5.91 Å². The maximum atomic E-state index is 13.3. The summed E-state index contributed by atoms with van der Waals surface area (Å²) in [5.41, 5.74) is -1.07. The number of nitrogens with one attached hydrogen (secondary N) is 1. The number of para-hydroxylation sites is 2. The number of unbranched alkanes of at least 4 members (excludes halogenated alkanes) is 1. The molecule has 3 unspecified atom stereocenters. The molecule has 1 aliphatic rings. The van der Waals surface area contributed by atoms with Gasteiger partial charge in [-0.25, -0.2) is 23.3 Å². The van der Waals surface area contributed by atoms with Crippen molar-refractivity contribution in [3.63, 3.8) is 0 Å². The molecule has 1 aromatic heterocycles. The van der Waals surface area contributed by atoms with Crippen molar-refractivity contribution in [3.05, 3.63) is 83.4 Å². The molecule has 1 amide bonds. The van der Waals surface area contributed by atoms with Gasteiger partial charge in [0, 0.05) is 12.6 Å². The molecule has 0 aliphatic carbocycles. The van der Waals surface area contributed by atoms with E-state index in [9.17, 15) is 42.9 Å². The second kappa shape index (κ2) is 18.0. The molecule has 52 heavy (non-hydrogen) atoms.